The van der Waals surface area contributed by atoms with E-state index in [9.17, 15) is 9.59 Å². The number of hydrogen-bond acceptors (Lipinski definition) is 3. The van der Waals surface area contributed by atoms with Crippen molar-refractivity contribution < 1.29 is 9.59 Å². The molecule has 1 saturated heterocycles. The highest BCUT2D eigenvalue weighted by molar-refractivity contribution is 5.85. The molecule has 1 aliphatic heterocycles. The van der Waals surface area contributed by atoms with Gasteiger partial charge in [-0.3, -0.25) is 14.5 Å². The van der Waals surface area contributed by atoms with Gasteiger partial charge in [0.2, 0.25) is 11.8 Å². The lowest BCUT2D eigenvalue weighted by Gasteiger charge is -2.34. The van der Waals surface area contributed by atoms with Gasteiger partial charge in [0, 0.05) is 19.1 Å². The van der Waals surface area contributed by atoms with E-state index in [-0.39, 0.29) is 24.4 Å². The molecule has 0 radical (unpaired) electrons. The number of piperidine rings is 1. The van der Waals surface area contributed by atoms with E-state index in [1.54, 1.807) is 0 Å². The highest BCUT2D eigenvalue weighted by Crippen LogP contribution is 2.23. The Morgan fingerprint density at radius 1 is 1.12 bits per heavy atom. The van der Waals surface area contributed by atoms with Crippen LogP contribution in [0.3, 0.4) is 0 Å². The Balaban J connectivity index is 2.16. The summed E-state index contributed by atoms with van der Waals surface area (Å²) < 4.78 is 0. The minimum atomic E-state index is -0.415. The van der Waals surface area contributed by atoms with Gasteiger partial charge in [-0.15, -0.1) is 0 Å². The standard InChI is InChI=1S/C19H29N3O2/c1-15(2)20-17(23)14-21(3)18(16-10-6-4-7-11-16)19(24)22-12-8-5-9-13-22/h4,6-7,10-11,15,18H,5,8-9,12-14H2,1-3H3,(H,20,23). The second-order valence-corrected chi connectivity index (χ2v) is 6.84. The van der Waals surface area contributed by atoms with E-state index in [0.717, 1.165) is 31.5 Å². The van der Waals surface area contributed by atoms with Crippen molar-refractivity contribution in [2.75, 3.05) is 26.7 Å². The number of carbonyl (C=O) groups excluding carboxylic acids is 2. The molecule has 5 heteroatoms. The average molecular weight is 331 g/mol. The fourth-order valence-corrected chi connectivity index (χ4v) is 3.19. The number of nitrogens with one attached hydrogen (secondary N) is 1. The predicted molar refractivity (Wildman–Crippen MR) is 95.5 cm³/mol. The normalized spacial score (nSPS) is 16.3. The summed E-state index contributed by atoms with van der Waals surface area (Å²) >= 11 is 0. The predicted octanol–water partition coefficient (Wildman–Crippen LogP) is 2.20. The number of hydrogen-bond donors (Lipinski definition) is 1. The maximum atomic E-state index is 13.1. The molecule has 0 aromatic heterocycles. The molecule has 24 heavy (non-hydrogen) atoms. The summed E-state index contributed by atoms with van der Waals surface area (Å²) in [7, 11) is 1.85. The molecule has 132 valence electrons. The van der Waals surface area contributed by atoms with Crippen molar-refractivity contribution in [2.45, 2.75) is 45.2 Å². The maximum absolute atomic E-state index is 13.1. The number of benzene rings is 1. The molecule has 5 nitrogen and oxygen atoms in total. The van der Waals surface area contributed by atoms with E-state index >= 15 is 0 Å². The summed E-state index contributed by atoms with van der Waals surface area (Å²) in [6.07, 6.45) is 3.31. The van der Waals surface area contributed by atoms with Gasteiger partial charge in [0.25, 0.3) is 0 Å². The van der Waals surface area contributed by atoms with Crippen LogP contribution in [-0.2, 0) is 9.59 Å². The third kappa shape index (κ3) is 5.06. The van der Waals surface area contributed by atoms with Crippen molar-refractivity contribution in [3.8, 4) is 0 Å². The van der Waals surface area contributed by atoms with E-state index in [1.165, 1.54) is 6.42 Å². The molecule has 1 N–H and O–H groups in total. The first-order valence-corrected chi connectivity index (χ1v) is 8.82. The first-order valence-electron chi connectivity index (χ1n) is 8.82. The van der Waals surface area contributed by atoms with Crippen molar-refractivity contribution in [2.24, 2.45) is 0 Å². The van der Waals surface area contributed by atoms with Crippen LogP contribution in [0.4, 0.5) is 0 Å². The second-order valence-electron chi connectivity index (χ2n) is 6.84. The molecule has 1 fully saturated rings. The largest absolute Gasteiger partial charge is 0.353 e. The second kappa shape index (κ2) is 8.83. The first kappa shape index (κ1) is 18.5. The van der Waals surface area contributed by atoms with Gasteiger partial charge < -0.3 is 10.2 Å². The van der Waals surface area contributed by atoms with Crippen molar-refractivity contribution in [1.82, 2.24) is 15.1 Å². The van der Waals surface area contributed by atoms with Crippen LogP contribution in [0.5, 0.6) is 0 Å². The Morgan fingerprint density at radius 3 is 2.33 bits per heavy atom. The SMILES string of the molecule is CC(C)NC(=O)CN(C)C(C(=O)N1CCCCC1)c1ccccc1. The zero-order chi connectivity index (χ0) is 17.5. The van der Waals surface area contributed by atoms with Crippen LogP contribution in [-0.4, -0.2) is 54.3 Å². The van der Waals surface area contributed by atoms with Gasteiger partial charge in [0.1, 0.15) is 6.04 Å². The monoisotopic (exact) mass is 331 g/mol. The van der Waals surface area contributed by atoms with Gasteiger partial charge >= 0.3 is 0 Å². The molecule has 0 aliphatic carbocycles. The molecular formula is C19H29N3O2. The molecule has 0 bridgehead atoms. The molecule has 1 atom stereocenters. The highest BCUT2D eigenvalue weighted by atomic mass is 16.2. The minimum Gasteiger partial charge on any atom is -0.353 e. The average Bonchev–Trinajstić information content (AvgIpc) is 2.56. The number of amides is 2. The van der Waals surface area contributed by atoms with Gasteiger partial charge in [0.15, 0.2) is 0 Å². The lowest BCUT2D eigenvalue weighted by Crippen LogP contribution is -2.47. The van der Waals surface area contributed by atoms with E-state index in [2.05, 4.69) is 5.32 Å². The summed E-state index contributed by atoms with van der Waals surface area (Å²) in [5.41, 5.74) is 0.938. The Morgan fingerprint density at radius 2 is 1.75 bits per heavy atom. The molecular weight excluding hydrogens is 302 g/mol. The van der Waals surface area contributed by atoms with Crippen molar-refractivity contribution in [3.05, 3.63) is 35.9 Å². The van der Waals surface area contributed by atoms with Gasteiger partial charge in [-0.1, -0.05) is 30.3 Å². The van der Waals surface area contributed by atoms with E-state index < -0.39 is 6.04 Å². The molecule has 0 saturated carbocycles. The Bertz CT molecular complexity index is 539. The molecule has 2 rings (SSSR count). The van der Waals surface area contributed by atoms with Crippen LogP contribution < -0.4 is 5.32 Å². The topological polar surface area (TPSA) is 52.7 Å². The van der Waals surface area contributed by atoms with Gasteiger partial charge in [0.05, 0.1) is 6.54 Å². The Hall–Kier alpha value is -1.88. The van der Waals surface area contributed by atoms with Crippen LogP contribution in [0, 0.1) is 0 Å². The van der Waals surface area contributed by atoms with Crippen LogP contribution in [0.1, 0.15) is 44.7 Å². The molecule has 1 unspecified atom stereocenters. The Labute approximate surface area is 145 Å². The van der Waals surface area contributed by atoms with E-state index in [4.69, 9.17) is 0 Å². The molecule has 0 spiro atoms. The molecule has 1 aromatic rings. The van der Waals surface area contributed by atoms with Gasteiger partial charge in [-0.25, -0.2) is 0 Å². The van der Waals surface area contributed by atoms with Crippen molar-refractivity contribution in [3.63, 3.8) is 0 Å². The number of rotatable bonds is 6. The van der Waals surface area contributed by atoms with Crippen molar-refractivity contribution in [1.29, 1.82) is 0 Å². The number of likely N-dealkylation sites (tertiary alicyclic amines) is 1. The first-order chi connectivity index (χ1) is 11.5. The quantitative estimate of drug-likeness (QED) is 0.869. The van der Waals surface area contributed by atoms with Gasteiger partial charge in [-0.2, -0.15) is 0 Å². The van der Waals surface area contributed by atoms with Crippen LogP contribution in [0.15, 0.2) is 30.3 Å². The van der Waals surface area contributed by atoms with E-state index in [0.29, 0.717) is 0 Å². The minimum absolute atomic E-state index is 0.0557. The van der Waals surface area contributed by atoms with Gasteiger partial charge in [-0.05, 0) is 45.7 Å². The zero-order valence-electron chi connectivity index (χ0n) is 15.0. The van der Waals surface area contributed by atoms with Crippen LogP contribution in [0.2, 0.25) is 0 Å². The fraction of sp³-hybridized carbons (Fsp3) is 0.579. The fourth-order valence-electron chi connectivity index (χ4n) is 3.19. The van der Waals surface area contributed by atoms with Crippen molar-refractivity contribution >= 4 is 11.8 Å². The lowest BCUT2D eigenvalue weighted by atomic mass is 10.0. The zero-order valence-corrected chi connectivity index (χ0v) is 15.0. The third-order valence-electron chi connectivity index (χ3n) is 4.30. The summed E-state index contributed by atoms with van der Waals surface area (Å²) in [5.74, 6) is 0.0422. The summed E-state index contributed by atoms with van der Waals surface area (Å²) in [6.45, 7) is 5.71. The summed E-state index contributed by atoms with van der Waals surface area (Å²) in [5, 5.41) is 2.89. The number of nitrogens with zero attached hydrogens (tertiary/aromatic N) is 2. The molecule has 1 aromatic carbocycles. The third-order valence-corrected chi connectivity index (χ3v) is 4.30. The van der Waals surface area contributed by atoms with Crippen LogP contribution in [0.25, 0.3) is 0 Å². The maximum Gasteiger partial charge on any atom is 0.244 e. The number of carbonyl (C=O) groups is 2. The highest BCUT2D eigenvalue weighted by Gasteiger charge is 2.31. The lowest BCUT2D eigenvalue weighted by molar-refractivity contribution is -0.138. The number of likely N-dealkylation sites (N-methyl/N-ethyl adjacent to an activating group) is 1. The summed E-state index contributed by atoms with van der Waals surface area (Å²) in [6, 6.07) is 9.42. The summed E-state index contributed by atoms with van der Waals surface area (Å²) in [4.78, 5) is 29.0. The smallest absolute Gasteiger partial charge is 0.244 e. The molecule has 1 aliphatic rings. The molecule has 2 amide bonds. The van der Waals surface area contributed by atoms with Crippen LogP contribution >= 0.6 is 0 Å². The van der Waals surface area contributed by atoms with E-state index in [1.807, 2.05) is 61.0 Å². The Kier molecular flexibility index (Phi) is 6.79. The molecule has 1 heterocycles.